The van der Waals surface area contributed by atoms with Gasteiger partial charge in [0.1, 0.15) is 6.33 Å². The summed E-state index contributed by atoms with van der Waals surface area (Å²) in [4.78, 5) is 0. The summed E-state index contributed by atoms with van der Waals surface area (Å²) < 4.78 is 2.92. The Hall–Kier alpha value is -1.36. The third kappa shape index (κ3) is 2.09. The maximum atomic E-state index is 5.75. The number of aryl methyl sites for hydroxylation is 1. The molecule has 0 atom stereocenters. The number of nitrogen functional groups attached to an aromatic ring is 1. The molecule has 5 heteroatoms. The average molecular weight is 281 g/mol. The normalized spacial score (nSPS) is 10.6. The van der Waals surface area contributed by atoms with Crippen LogP contribution >= 0.6 is 15.9 Å². The van der Waals surface area contributed by atoms with E-state index in [0.717, 1.165) is 34.5 Å². The van der Waals surface area contributed by atoms with Gasteiger partial charge in [0.15, 0.2) is 5.82 Å². The summed E-state index contributed by atoms with van der Waals surface area (Å²) in [6, 6.07) is 5.78. The molecule has 0 aliphatic heterocycles. The molecule has 0 fully saturated rings. The number of nitrogens with two attached hydrogens (primary N) is 1. The Morgan fingerprint density at radius 3 is 2.94 bits per heavy atom. The van der Waals surface area contributed by atoms with Gasteiger partial charge in [-0.25, -0.2) is 0 Å². The Morgan fingerprint density at radius 2 is 2.25 bits per heavy atom. The SMILES string of the molecule is CCCn1cnnc1-c1ccc(N)c(Br)c1. The molecule has 1 aromatic carbocycles. The third-order valence-electron chi connectivity index (χ3n) is 2.34. The fourth-order valence-electron chi connectivity index (χ4n) is 1.55. The molecule has 0 amide bonds. The van der Waals surface area contributed by atoms with Crippen molar-refractivity contribution in [1.29, 1.82) is 0 Å². The van der Waals surface area contributed by atoms with Crippen molar-refractivity contribution in [2.75, 3.05) is 5.73 Å². The van der Waals surface area contributed by atoms with Gasteiger partial charge in [-0.1, -0.05) is 6.92 Å². The van der Waals surface area contributed by atoms with Gasteiger partial charge in [0.2, 0.25) is 0 Å². The van der Waals surface area contributed by atoms with Crippen molar-refractivity contribution >= 4 is 21.6 Å². The molecule has 2 rings (SSSR count). The average Bonchev–Trinajstić information content (AvgIpc) is 2.71. The van der Waals surface area contributed by atoms with E-state index in [1.54, 1.807) is 6.33 Å². The predicted molar refractivity (Wildman–Crippen MR) is 67.9 cm³/mol. The Morgan fingerprint density at radius 1 is 1.44 bits per heavy atom. The maximum absolute atomic E-state index is 5.75. The van der Waals surface area contributed by atoms with Crippen LogP contribution in [-0.2, 0) is 6.54 Å². The van der Waals surface area contributed by atoms with Crippen LogP contribution < -0.4 is 5.73 Å². The maximum Gasteiger partial charge on any atom is 0.163 e. The number of nitrogens with zero attached hydrogens (tertiary/aromatic N) is 3. The van der Waals surface area contributed by atoms with Gasteiger partial charge >= 0.3 is 0 Å². The second-order valence-corrected chi connectivity index (χ2v) is 4.44. The lowest BCUT2D eigenvalue weighted by atomic mass is 10.2. The van der Waals surface area contributed by atoms with Crippen LogP contribution in [0.3, 0.4) is 0 Å². The second kappa shape index (κ2) is 4.65. The highest BCUT2D eigenvalue weighted by Gasteiger charge is 2.07. The van der Waals surface area contributed by atoms with Crippen LogP contribution in [-0.4, -0.2) is 14.8 Å². The van der Waals surface area contributed by atoms with Crippen molar-refractivity contribution in [2.45, 2.75) is 19.9 Å². The van der Waals surface area contributed by atoms with Crippen LogP contribution in [0.5, 0.6) is 0 Å². The van der Waals surface area contributed by atoms with E-state index in [1.807, 2.05) is 22.8 Å². The molecule has 0 saturated carbocycles. The molecule has 4 nitrogen and oxygen atoms in total. The topological polar surface area (TPSA) is 56.7 Å². The van der Waals surface area contributed by atoms with Crippen LogP contribution in [0, 0.1) is 0 Å². The van der Waals surface area contributed by atoms with E-state index in [1.165, 1.54) is 0 Å². The van der Waals surface area contributed by atoms with Crippen molar-refractivity contribution in [3.63, 3.8) is 0 Å². The number of halogens is 1. The minimum Gasteiger partial charge on any atom is -0.398 e. The van der Waals surface area contributed by atoms with Crippen molar-refractivity contribution in [3.8, 4) is 11.4 Å². The Kier molecular flexibility index (Phi) is 3.24. The van der Waals surface area contributed by atoms with Gasteiger partial charge in [-0.2, -0.15) is 0 Å². The number of hydrogen-bond acceptors (Lipinski definition) is 3. The molecule has 1 heterocycles. The molecule has 0 aliphatic rings. The number of rotatable bonds is 3. The predicted octanol–water partition coefficient (Wildman–Crippen LogP) is 2.70. The number of anilines is 1. The van der Waals surface area contributed by atoms with Gasteiger partial charge in [0.05, 0.1) is 0 Å². The highest BCUT2D eigenvalue weighted by molar-refractivity contribution is 9.10. The molecule has 84 valence electrons. The molecule has 2 aromatic rings. The molecular formula is C11H13BrN4. The zero-order valence-electron chi connectivity index (χ0n) is 9.02. The second-order valence-electron chi connectivity index (χ2n) is 3.58. The molecule has 16 heavy (non-hydrogen) atoms. The lowest BCUT2D eigenvalue weighted by Crippen LogP contribution is -1.98. The van der Waals surface area contributed by atoms with E-state index in [2.05, 4.69) is 33.1 Å². The molecule has 0 bridgehead atoms. The van der Waals surface area contributed by atoms with E-state index in [-0.39, 0.29) is 0 Å². The van der Waals surface area contributed by atoms with Crippen LogP contribution in [0.1, 0.15) is 13.3 Å². The first-order chi connectivity index (χ1) is 7.72. The van der Waals surface area contributed by atoms with E-state index in [0.29, 0.717) is 0 Å². The van der Waals surface area contributed by atoms with Gasteiger partial charge in [-0.05, 0) is 40.5 Å². The van der Waals surface area contributed by atoms with Crippen LogP contribution in [0.25, 0.3) is 11.4 Å². The molecular weight excluding hydrogens is 268 g/mol. The van der Waals surface area contributed by atoms with E-state index >= 15 is 0 Å². The van der Waals surface area contributed by atoms with Crippen molar-refractivity contribution in [2.24, 2.45) is 0 Å². The Bertz CT molecular complexity index is 492. The van der Waals surface area contributed by atoms with Gasteiger partial charge < -0.3 is 10.3 Å². The fraction of sp³-hybridized carbons (Fsp3) is 0.273. The van der Waals surface area contributed by atoms with E-state index < -0.39 is 0 Å². The van der Waals surface area contributed by atoms with Crippen LogP contribution in [0.15, 0.2) is 29.0 Å². The lowest BCUT2D eigenvalue weighted by Gasteiger charge is -2.06. The van der Waals surface area contributed by atoms with Gasteiger partial charge in [0.25, 0.3) is 0 Å². The number of hydrogen-bond donors (Lipinski definition) is 1. The van der Waals surface area contributed by atoms with E-state index in [9.17, 15) is 0 Å². The summed E-state index contributed by atoms with van der Waals surface area (Å²) >= 11 is 3.41. The quantitative estimate of drug-likeness (QED) is 0.880. The number of benzene rings is 1. The standard InChI is InChI=1S/C11H13BrN4/c1-2-5-16-7-14-15-11(16)8-3-4-10(13)9(12)6-8/h3-4,6-7H,2,5,13H2,1H3. The molecule has 1 aromatic heterocycles. The fourth-order valence-corrected chi connectivity index (χ4v) is 1.93. The largest absolute Gasteiger partial charge is 0.398 e. The molecule has 0 unspecified atom stereocenters. The first-order valence-corrected chi connectivity index (χ1v) is 5.95. The highest BCUT2D eigenvalue weighted by Crippen LogP contribution is 2.26. The summed E-state index contributed by atoms with van der Waals surface area (Å²) in [5.74, 6) is 0.877. The van der Waals surface area contributed by atoms with E-state index in [4.69, 9.17) is 5.73 Å². The Labute approximate surface area is 103 Å². The van der Waals surface area contributed by atoms with Gasteiger partial charge in [0, 0.05) is 22.3 Å². The summed E-state index contributed by atoms with van der Waals surface area (Å²) in [6.45, 7) is 3.05. The molecule has 0 saturated heterocycles. The molecule has 0 radical (unpaired) electrons. The first kappa shape index (κ1) is 11.1. The summed E-state index contributed by atoms with van der Waals surface area (Å²) in [6.07, 6.45) is 2.81. The zero-order valence-corrected chi connectivity index (χ0v) is 10.6. The molecule has 0 spiro atoms. The first-order valence-electron chi connectivity index (χ1n) is 5.15. The smallest absolute Gasteiger partial charge is 0.163 e. The monoisotopic (exact) mass is 280 g/mol. The minimum atomic E-state index is 0.727. The molecule has 2 N–H and O–H groups in total. The van der Waals surface area contributed by atoms with Crippen molar-refractivity contribution in [1.82, 2.24) is 14.8 Å². The summed E-state index contributed by atoms with van der Waals surface area (Å²) in [5.41, 5.74) is 7.50. The van der Waals surface area contributed by atoms with Crippen molar-refractivity contribution in [3.05, 3.63) is 29.0 Å². The van der Waals surface area contributed by atoms with Crippen LogP contribution in [0.4, 0.5) is 5.69 Å². The molecule has 0 aliphatic carbocycles. The summed E-state index contributed by atoms with van der Waals surface area (Å²) in [5, 5.41) is 8.06. The lowest BCUT2D eigenvalue weighted by molar-refractivity contribution is 0.683. The highest BCUT2D eigenvalue weighted by atomic mass is 79.9. The third-order valence-corrected chi connectivity index (χ3v) is 3.03. The van der Waals surface area contributed by atoms with Gasteiger partial charge in [-0.3, -0.25) is 0 Å². The van der Waals surface area contributed by atoms with Gasteiger partial charge in [-0.15, -0.1) is 10.2 Å². The van der Waals surface area contributed by atoms with Crippen molar-refractivity contribution < 1.29 is 0 Å². The summed E-state index contributed by atoms with van der Waals surface area (Å²) in [7, 11) is 0. The number of aromatic nitrogens is 3. The Balaban J connectivity index is 2.42. The minimum absolute atomic E-state index is 0.727. The van der Waals surface area contributed by atoms with Crippen LogP contribution in [0.2, 0.25) is 0 Å². The zero-order chi connectivity index (χ0) is 11.5.